The van der Waals surface area contributed by atoms with Gasteiger partial charge in [0.1, 0.15) is 5.84 Å². The Morgan fingerprint density at radius 3 is 2.43 bits per heavy atom. The van der Waals surface area contributed by atoms with E-state index >= 15 is 0 Å². The summed E-state index contributed by atoms with van der Waals surface area (Å²) in [5.74, 6) is 6.99. The molecular formula is C11H25N3. The lowest BCUT2D eigenvalue weighted by atomic mass is 9.98. The highest BCUT2D eigenvalue weighted by atomic mass is 15.3. The van der Waals surface area contributed by atoms with Gasteiger partial charge in [0.05, 0.1) is 0 Å². The van der Waals surface area contributed by atoms with E-state index in [1.165, 1.54) is 19.3 Å². The zero-order chi connectivity index (χ0) is 10.8. The summed E-state index contributed by atoms with van der Waals surface area (Å²) in [5.41, 5.74) is 2.75. The zero-order valence-electron chi connectivity index (χ0n) is 9.84. The van der Waals surface area contributed by atoms with Gasteiger partial charge in [-0.1, -0.05) is 33.6 Å². The van der Waals surface area contributed by atoms with Crippen molar-refractivity contribution < 1.29 is 0 Å². The first-order valence-electron chi connectivity index (χ1n) is 5.81. The summed E-state index contributed by atoms with van der Waals surface area (Å²) in [4.78, 5) is 4.47. The Bertz CT molecular complexity index is 155. The molecule has 0 bridgehead atoms. The monoisotopic (exact) mass is 199 g/mol. The predicted molar refractivity (Wildman–Crippen MR) is 63.2 cm³/mol. The van der Waals surface area contributed by atoms with Crippen LogP contribution in [0.4, 0.5) is 0 Å². The van der Waals surface area contributed by atoms with Crippen LogP contribution in [0.25, 0.3) is 0 Å². The molecule has 0 spiro atoms. The van der Waals surface area contributed by atoms with Crippen molar-refractivity contribution in [2.24, 2.45) is 16.8 Å². The van der Waals surface area contributed by atoms with Crippen molar-refractivity contribution in [3.63, 3.8) is 0 Å². The second-order valence-corrected chi connectivity index (χ2v) is 3.66. The number of unbranched alkanes of at least 4 members (excludes halogenated alkanes) is 1. The molecular weight excluding hydrogens is 174 g/mol. The molecule has 84 valence electrons. The summed E-state index contributed by atoms with van der Waals surface area (Å²) in [7, 11) is 0. The average molecular weight is 199 g/mol. The molecule has 1 unspecified atom stereocenters. The summed E-state index contributed by atoms with van der Waals surface area (Å²) >= 11 is 0. The lowest BCUT2D eigenvalue weighted by Gasteiger charge is -2.16. The minimum atomic E-state index is 0.520. The Morgan fingerprint density at radius 2 is 2.00 bits per heavy atom. The summed E-state index contributed by atoms with van der Waals surface area (Å²) in [6.45, 7) is 7.41. The van der Waals surface area contributed by atoms with Crippen LogP contribution < -0.4 is 11.3 Å². The molecule has 3 heteroatoms. The first-order chi connectivity index (χ1) is 6.79. The van der Waals surface area contributed by atoms with Gasteiger partial charge in [-0.3, -0.25) is 4.99 Å². The molecule has 0 aliphatic heterocycles. The SMILES string of the molecule is CCCCC(CC)C(=NCCC)NN. The van der Waals surface area contributed by atoms with Crippen molar-refractivity contribution in [3.8, 4) is 0 Å². The molecule has 0 saturated carbocycles. The Balaban J connectivity index is 4.13. The molecule has 0 aliphatic rings. The maximum absolute atomic E-state index is 5.48. The van der Waals surface area contributed by atoms with Crippen LogP contribution in [0.5, 0.6) is 0 Å². The van der Waals surface area contributed by atoms with Crippen molar-refractivity contribution in [3.05, 3.63) is 0 Å². The standard InChI is InChI=1S/C11H25N3/c1-4-7-8-10(6-3)11(14-12)13-9-5-2/h10H,4-9,12H2,1-3H3,(H,13,14). The normalized spacial score (nSPS) is 14.1. The first kappa shape index (κ1) is 13.4. The molecule has 0 aromatic carbocycles. The molecule has 3 N–H and O–H groups in total. The highest BCUT2D eigenvalue weighted by Crippen LogP contribution is 2.13. The molecule has 0 heterocycles. The molecule has 0 aliphatic carbocycles. The lowest BCUT2D eigenvalue weighted by molar-refractivity contribution is 0.552. The molecule has 0 rings (SSSR count). The van der Waals surface area contributed by atoms with Crippen LogP contribution in [0.1, 0.15) is 52.9 Å². The molecule has 0 fully saturated rings. The van der Waals surface area contributed by atoms with Crippen molar-refractivity contribution >= 4 is 5.84 Å². The lowest BCUT2D eigenvalue weighted by Crippen LogP contribution is -2.36. The quantitative estimate of drug-likeness (QED) is 0.286. The number of hydrazine groups is 1. The second kappa shape index (κ2) is 9.00. The topological polar surface area (TPSA) is 50.4 Å². The largest absolute Gasteiger partial charge is 0.312 e. The van der Waals surface area contributed by atoms with Crippen LogP contribution >= 0.6 is 0 Å². The summed E-state index contributed by atoms with van der Waals surface area (Å²) in [6.07, 6.45) is 5.88. The molecule has 0 amide bonds. The van der Waals surface area contributed by atoms with Gasteiger partial charge >= 0.3 is 0 Å². The first-order valence-corrected chi connectivity index (χ1v) is 5.81. The molecule has 3 nitrogen and oxygen atoms in total. The maximum atomic E-state index is 5.48. The van der Waals surface area contributed by atoms with E-state index in [2.05, 4.69) is 31.2 Å². The minimum absolute atomic E-state index is 0.520. The second-order valence-electron chi connectivity index (χ2n) is 3.66. The Morgan fingerprint density at radius 1 is 1.29 bits per heavy atom. The molecule has 0 radical (unpaired) electrons. The molecule has 14 heavy (non-hydrogen) atoms. The molecule has 0 aromatic heterocycles. The van der Waals surface area contributed by atoms with Gasteiger partial charge in [0.25, 0.3) is 0 Å². The number of nitrogens with two attached hydrogens (primary N) is 1. The number of amidine groups is 1. The Hall–Kier alpha value is -0.570. The number of nitrogens with one attached hydrogen (secondary N) is 1. The van der Waals surface area contributed by atoms with Crippen LogP contribution in [0.15, 0.2) is 4.99 Å². The fourth-order valence-corrected chi connectivity index (χ4v) is 1.51. The zero-order valence-corrected chi connectivity index (χ0v) is 9.84. The van der Waals surface area contributed by atoms with E-state index in [1.54, 1.807) is 0 Å². The van der Waals surface area contributed by atoms with Crippen molar-refractivity contribution in [1.82, 2.24) is 5.43 Å². The molecule has 1 atom stereocenters. The molecule has 0 aromatic rings. The number of nitrogens with zero attached hydrogens (tertiary/aromatic N) is 1. The third-order valence-corrected chi connectivity index (χ3v) is 2.44. The number of hydrogen-bond acceptors (Lipinski definition) is 2. The minimum Gasteiger partial charge on any atom is -0.312 e. The van der Waals surface area contributed by atoms with E-state index in [4.69, 9.17) is 5.84 Å². The number of hydrogen-bond donors (Lipinski definition) is 2. The van der Waals surface area contributed by atoms with E-state index in [0.717, 1.165) is 25.2 Å². The number of rotatable bonds is 7. The van der Waals surface area contributed by atoms with Crippen molar-refractivity contribution in [1.29, 1.82) is 0 Å². The van der Waals surface area contributed by atoms with Gasteiger partial charge in [-0.05, 0) is 19.3 Å². The van der Waals surface area contributed by atoms with Crippen LogP contribution in [-0.2, 0) is 0 Å². The van der Waals surface area contributed by atoms with Crippen LogP contribution in [-0.4, -0.2) is 12.4 Å². The molecule has 0 saturated heterocycles. The average Bonchev–Trinajstić information content (AvgIpc) is 2.23. The van der Waals surface area contributed by atoms with Crippen molar-refractivity contribution in [2.45, 2.75) is 52.9 Å². The van der Waals surface area contributed by atoms with Gasteiger partial charge < -0.3 is 5.43 Å². The van der Waals surface area contributed by atoms with Crippen LogP contribution in [0.3, 0.4) is 0 Å². The van der Waals surface area contributed by atoms with Gasteiger partial charge in [0, 0.05) is 12.5 Å². The van der Waals surface area contributed by atoms with Gasteiger partial charge in [0.15, 0.2) is 0 Å². The van der Waals surface area contributed by atoms with Crippen LogP contribution in [0, 0.1) is 5.92 Å². The van der Waals surface area contributed by atoms with E-state index in [1.807, 2.05) is 0 Å². The fraction of sp³-hybridized carbons (Fsp3) is 0.909. The van der Waals surface area contributed by atoms with E-state index in [9.17, 15) is 0 Å². The summed E-state index contributed by atoms with van der Waals surface area (Å²) in [5, 5.41) is 0. The predicted octanol–water partition coefficient (Wildman–Crippen LogP) is 2.47. The van der Waals surface area contributed by atoms with Crippen LogP contribution in [0.2, 0.25) is 0 Å². The van der Waals surface area contributed by atoms with E-state index in [0.29, 0.717) is 5.92 Å². The van der Waals surface area contributed by atoms with E-state index < -0.39 is 0 Å². The third kappa shape index (κ3) is 5.22. The van der Waals surface area contributed by atoms with Gasteiger partial charge in [-0.2, -0.15) is 0 Å². The van der Waals surface area contributed by atoms with Gasteiger partial charge in [-0.25, -0.2) is 5.84 Å². The Kier molecular flexibility index (Phi) is 8.64. The van der Waals surface area contributed by atoms with Crippen molar-refractivity contribution in [2.75, 3.05) is 6.54 Å². The Labute approximate surface area is 88.1 Å². The highest BCUT2D eigenvalue weighted by Gasteiger charge is 2.11. The maximum Gasteiger partial charge on any atom is 0.113 e. The smallest absolute Gasteiger partial charge is 0.113 e. The highest BCUT2D eigenvalue weighted by molar-refractivity contribution is 5.83. The number of aliphatic imine (C=N–C) groups is 1. The fourth-order valence-electron chi connectivity index (χ4n) is 1.51. The van der Waals surface area contributed by atoms with Gasteiger partial charge in [0.2, 0.25) is 0 Å². The third-order valence-electron chi connectivity index (χ3n) is 2.44. The summed E-state index contributed by atoms with van der Waals surface area (Å²) in [6, 6.07) is 0. The van der Waals surface area contributed by atoms with E-state index in [-0.39, 0.29) is 0 Å². The summed E-state index contributed by atoms with van der Waals surface area (Å²) < 4.78 is 0. The van der Waals surface area contributed by atoms with Gasteiger partial charge in [-0.15, -0.1) is 0 Å².